The van der Waals surface area contributed by atoms with E-state index in [-0.39, 0.29) is 30.6 Å². The molecular weight excluding hydrogens is 428 g/mol. The van der Waals surface area contributed by atoms with E-state index in [1.807, 2.05) is 0 Å². The molecule has 0 unspecified atom stereocenters. The lowest BCUT2D eigenvalue weighted by molar-refractivity contribution is -0.143. The lowest BCUT2D eigenvalue weighted by Crippen LogP contribution is -2.50. The summed E-state index contributed by atoms with van der Waals surface area (Å²) in [7, 11) is 0. The van der Waals surface area contributed by atoms with Gasteiger partial charge in [0.2, 0.25) is 0 Å². The van der Waals surface area contributed by atoms with Gasteiger partial charge >= 0.3 is 12.0 Å². The number of rotatable bonds is 5. The Morgan fingerprint density at radius 2 is 1.59 bits per heavy atom. The van der Waals surface area contributed by atoms with Crippen molar-refractivity contribution in [2.75, 3.05) is 18.4 Å². The molecule has 2 aliphatic carbocycles. The second kappa shape index (κ2) is 10.6. The van der Waals surface area contributed by atoms with E-state index >= 15 is 0 Å². The Hall–Kier alpha value is -2.16. The van der Waals surface area contributed by atoms with Gasteiger partial charge in [-0.3, -0.25) is 14.9 Å². The summed E-state index contributed by atoms with van der Waals surface area (Å²) in [5.41, 5.74) is 0. The van der Waals surface area contributed by atoms with Gasteiger partial charge in [-0.25, -0.2) is 9.78 Å². The molecule has 2 saturated carbocycles. The Bertz CT molecular complexity index is 799. The SMILES string of the molecule is O=C(O)[C@H]1CCCN(C(=O)c2cnc(NC(=O)N(C3CCCCC3)C3CCCCC3)s2)C1. The number of hydrogen-bond acceptors (Lipinski definition) is 5. The van der Waals surface area contributed by atoms with Gasteiger partial charge in [-0.1, -0.05) is 49.9 Å². The molecule has 3 aliphatic rings. The van der Waals surface area contributed by atoms with Crippen molar-refractivity contribution in [3.63, 3.8) is 0 Å². The van der Waals surface area contributed by atoms with E-state index < -0.39 is 11.9 Å². The molecule has 8 nitrogen and oxygen atoms in total. The molecule has 0 radical (unpaired) electrons. The maximum Gasteiger partial charge on any atom is 0.324 e. The average molecular weight is 463 g/mol. The van der Waals surface area contributed by atoms with Gasteiger partial charge in [0.1, 0.15) is 4.88 Å². The van der Waals surface area contributed by atoms with Gasteiger partial charge < -0.3 is 14.9 Å². The molecule has 1 aromatic rings. The average Bonchev–Trinajstić information content (AvgIpc) is 3.28. The zero-order valence-corrected chi connectivity index (χ0v) is 19.4. The second-order valence-electron chi connectivity index (χ2n) is 9.38. The van der Waals surface area contributed by atoms with Crippen molar-refractivity contribution >= 4 is 34.4 Å². The molecule has 4 rings (SSSR count). The molecule has 1 aliphatic heterocycles. The first-order chi connectivity index (χ1) is 15.5. The van der Waals surface area contributed by atoms with Gasteiger partial charge in [-0.2, -0.15) is 0 Å². The molecule has 0 spiro atoms. The molecule has 1 aromatic heterocycles. The number of carbonyl (C=O) groups is 3. The van der Waals surface area contributed by atoms with Crippen LogP contribution in [0, 0.1) is 5.92 Å². The number of aliphatic carboxylic acids is 1. The summed E-state index contributed by atoms with van der Waals surface area (Å²) >= 11 is 1.17. The van der Waals surface area contributed by atoms with Crippen molar-refractivity contribution in [3.05, 3.63) is 11.1 Å². The summed E-state index contributed by atoms with van der Waals surface area (Å²) in [5.74, 6) is -1.57. The third-order valence-corrected chi connectivity index (χ3v) is 8.06. The number of nitrogens with one attached hydrogen (secondary N) is 1. The van der Waals surface area contributed by atoms with Crippen LogP contribution in [0.1, 0.15) is 86.7 Å². The first-order valence-electron chi connectivity index (χ1n) is 12.1. The molecule has 1 atom stereocenters. The van der Waals surface area contributed by atoms with E-state index in [0.29, 0.717) is 29.4 Å². The molecule has 176 valence electrons. The molecule has 0 aromatic carbocycles. The zero-order valence-electron chi connectivity index (χ0n) is 18.6. The quantitative estimate of drug-likeness (QED) is 0.667. The Morgan fingerprint density at radius 3 is 2.19 bits per heavy atom. The second-order valence-corrected chi connectivity index (χ2v) is 10.4. The van der Waals surface area contributed by atoms with Crippen LogP contribution in [0.5, 0.6) is 0 Å². The van der Waals surface area contributed by atoms with Crippen molar-refractivity contribution in [2.24, 2.45) is 5.92 Å². The number of piperidine rings is 1. The van der Waals surface area contributed by atoms with E-state index in [0.717, 1.165) is 25.7 Å². The van der Waals surface area contributed by atoms with E-state index in [4.69, 9.17) is 0 Å². The van der Waals surface area contributed by atoms with Gasteiger partial charge in [-0.15, -0.1) is 0 Å². The van der Waals surface area contributed by atoms with Crippen LogP contribution in [0.2, 0.25) is 0 Å². The molecule has 2 N–H and O–H groups in total. The van der Waals surface area contributed by atoms with Crippen LogP contribution in [0.4, 0.5) is 9.93 Å². The minimum atomic E-state index is -0.856. The summed E-state index contributed by atoms with van der Waals surface area (Å²) in [4.78, 5) is 45.9. The number of carboxylic acid groups (broad SMARTS) is 1. The van der Waals surface area contributed by atoms with Gasteiger partial charge in [0.15, 0.2) is 5.13 Å². The molecule has 3 fully saturated rings. The summed E-state index contributed by atoms with van der Waals surface area (Å²) in [6.07, 6.45) is 14.2. The van der Waals surface area contributed by atoms with Crippen LogP contribution in [0.25, 0.3) is 0 Å². The highest BCUT2D eigenvalue weighted by Crippen LogP contribution is 2.31. The highest BCUT2D eigenvalue weighted by atomic mass is 32.1. The Morgan fingerprint density at radius 1 is 0.969 bits per heavy atom. The van der Waals surface area contributed by atoms with Crippen molar-refractivity contribution in [3.8, 4) is 0 Å². The summed E-state index contributed by atoms with van der Waals surface area (Å²) in [6.45, 7) is 0.782. The number of anilines is 1. The minimum Gasteiger partial charge on any atom is -0.481 e. The lowest BCUT2D eigenvalue weighted by Gasteiger charge is -2.41. The molecule has 2 heterocycles. The number of carboxylic acids is 1. The molecule has 32 heavy (non-hydrogen) atoms. The Labute approximate surface area is 193 Å². The van der Waals surface area contributed by atoms with Gasteiger partial charge in [0.05, 0.1) is 12.1 Å². The normalized spacial score (nSPS) is 23.0. The van der Waals surface area contributed by atoms with Crippen LogP contribution >= 0.6 is 11.3 Å². The maximum atomic E-state index is 13.3. The third-order valence-electron chi connectivity index (χ3n) is 7.16. The monoisotopic (exact) mass is 462 g/mol. The van der Waals surface area contributed by atoms with E-state index in [1.54, 1.807) is 4.90 Å². The summed E-state index contributed by atoms with van der Waals surface area (Å²) in [6, 6.07) is 0.476. The number of carbonyl (C=O) groups excluding carboxylic acids is 2. The number of thiazole rings is 1. The smallest absolute Gasteiger partial charge is 0.324 e. The molecular formula is C23H34N4O4S. The first-order valence-corrected chi connectivity index (χ1v) is 12.9. The molecule has 9 heteroatoms. The molecule has 1 saturated heterocycles. The first kappa shape index (κ1) is 23.0. The van der Waals surface area contributed by atoms with Crippen molar-refractivity contribution in [1.82, 2.24) is 14.8 Å². The lowest BCUT2D eigenvalue weighted by atomic mass is 9.89. The highest BCUT2D eigenvalue weighted by Gasteiger charge is 2.33. The van der Waals surface area contributed by atoms with Crippen LogP contribution in [0.15, 0.2) is 6.20 Å². The minimum absolute atomic E-state index is 0.0962. The number of hydrogen-bond donors (Lipinski definition) is 2. The fraction of sp³-hybridized carbons (Fsp3) is 0.739. The van der Waals surface area contributed by atoms with E-state index in [9.17, 15) is 19.5 Å². The van der Waals surface area contributed by atoms with Crippen molar-refractivity contribution in [2.45, 2.75) is 89.1 Å². The largest absolute Gasteiger partial charge is 0.481 e. The third kappa shape index (κ3) is 5.42. The number of aromatic nitrogens is 1. The number of amides is 3. The van der Waals surface area contributed by atoms with Crippen LogP contribution in [0.3, 0.4) is 0 Å². The fourth-order valence-electron chi connectivity index (χ4n) is 5.45. The molecule has 0 bridgehead atoms. The van der Waals surface area contributed by atoms with E-state index in [1.165, 1.54) is 56.1 Å². The van der Waals surface area contributed by atoms with Crippen molar-refractivity contribution in [1.29, 1.82) is 0 Å². The standard InChI is InChI=1S/C23H34N4O4S/c28-20(26-13-7-8-16(15-26)21(29)30)19-14-24-22(32-19)25-23(31)27(17-9-3-1-4-10-17)18-11-5-2-6-12-18/h14,16-18H,1-13,15H2,(H,29,30)(H,24,25,31)/t16-/m0/s1. The molecule has 3 amide bonds. The van der Waals surface area contributed by atoms with E-state index in [2.05, 4.69) is 15.2 Å². The van der Waals surface area contributed by atoms with Crippen molar-refractivity contribution < 1.29 is 19.5 Å². The van der Waals surface area contributed by atoms with Crippen LogP contribution in [-0.2, 0) is 4.79 Å². The maximum absolute atomic E-state index is 13.3. The highest BCUT2D eigenvalue weighted by molar-refractivity contribution is 7.17. The number of nitrogens with zero attached hydrogens (tertiary/aromatic N) is 3. The zero-order chi connectivity index (χ0) is 22.5. The fourth-order valence-corrected chi connectivity index (χ4v) is 6.23. The summed E-state index contributed by atoms with van der Waals surface area (Å²) in [5, 5.41) is 12.7. The number of likely N-dealkylation sites (tertiary alicyclic amines) is 1. The summed E-state index contributed by atoms with van der Waals surface area (Å²) < 4.78 is 0. The number of urea groups is 1. The predicted molar refractivity (Wildman–Crippen MR) is 123 cm³/mol. The van der Waals surface area contributed by atoms with Gasteiger partial charge in [-0.05, 0) is 38.5 Å². The van der Waals surface area contributed by atoms with Crippen LogP contribution in [-0.4, -0.2) is 63.0 Å². The predicted octanol–water partition coefficient (Wildman–Crippen LogP) is 4.58. The van der Waals surface area contributed by atoms with Gasteiger partial charge in [0.25, 0.3) is 5.91 Å². The Balaban J connectivity index is 1.42. The van der Waals surface area contributed by atoms with Gasteiger partial charge in [0, 0.05) is 25.2 Å². The Kier molecular flexibility index (Phi) is 7.65. The topological polar surface area (TPSA) is 103 Å². The van der Waals surface area contributed by atoms with Crippen LogP contribution < -0.4 is 5.32 Å².